The highest BCUT2D eigenvalue weighted by Gasteiger charge is 2.30. The average Bonchev–Trinajstić information content (AvgIpc) is 2.38. The molecule has 1 amide bonds. The van der Waals surface area contributed by atoms with E-state index in [0.717, 1.165) is 32.4 Å². The molecular weight excluding hydrogens is 252 g/mol. The van der Waals surface area contributed by atoms with Crippen molar-refractivity contribution in [3.8, 4) is 0 Å². The van der Waals surface area contributed by atoms with Crippen LogP contribution >= 0.6 is 0 Å². The molecule has 0 spiro atoms. The van der Waals surface area contributed by atoms with E-state index in [9.17, 15) is 9.90 Å². The maximum absolute atomic E-state index is 12.2. The van der Waals surface area contributed by atoms with Crippen LogP contribution in [-0.2, 0) is 4.79 Å². The summed E-state index contributed by atoms with van der Waals surface area (Å²) in [6.45, 7) is 8.54. The predicted molar refractivity (Wildman–Crippen MR) is 80.4 cm³/mol. The summed E-state index contributed by atoms with van der Waals surface area (Å²) >= 11 is 0. The number of nitrogens with zero attached hydrogens (tertiary/aromatic N) is 1. The van der Waals surface area contributed by atoms with Gasteiger partial charge in [0.1, 0.15) is 0 Å². The molecule has 0 aromatic heterocycles. The Balaban J connectivity index is 1.75. The van der Waals surface area contributed by atoms with Crippen molar-refractivity contribution in [2.24, 2.45) is 11.8 Å². The number of hydrogen-bond donors (Lipinski definition) is 2. The Morgan fingerprint density at radius 3 is 2.60 bits per heavy atom. The molecule has 4 heteroatoms. The number of aliphatic hydroxyl groups is 1. The molecular formula is C16H30N2O2. The van der Waals surface area contributed by atoms with Gasteiger partial charge in [0.25, 0.3) is 0 Å². The molecule has 2 rings (SSSR count). The minimum Gasteiger partial charge on any atom is -0.390 e. The zero-order valence-electron chi connectivity index (χ0n) is 13.2. The summed E-state index contributed by atoms with van der Waals surface area (Å²) in [5.74, 6) is 1.44. The lowest BCUT2D eigenvalue weighted by Crippen LogP contribution is -2.50. The molecule has 3 unspecified atom stereocenters. The van der Waals surface area contributed by atoms with Crippen LogP contribution in [0.15, 0.2) is 0 Å². The highest BCUT2D eigenvalue weighted by Crippen LogP contribution is 2.29. The van der Waals surface area contributed by atoms with Crippen molar-refractivity contribution in [3.05, 3.63) is 0 Å². The minimum absolute atomic E-state index is 0.150. The summed E-state index contributed by atoms with van der Waals surface area (Å²) in [5.41, 5.74) is -0.541. The number of carbonyl (C=O) groups is 1. The fourth-order valence-electron chi connectivity index (χ4n) is 3.43. The number of piperidine rings is 1. The van der Waals surface area contributed by atoms with Crippen LogP contribution < -0.4 is 5.32 Å². The van der Waals surface area contributed by atoms with Crippen LogP contribution in [0.1, 0.15) is 52.9 Å². The molecule has 1 saturated heterocycles. The summed E-state index contributed by atoms with van der Waals surface area (Å²) in [6, 6.07) is 0.346. The Labute approximate surface area is 122 Å². The van der Waals surface area contributed by atoms with Crippen molar-refractivity contribution in [3.63, 3.8) is 0 Å². The average molecular weight is 282 g/mol. The van der Waals surface area contributed by atoms with Crippen molar-refractivity contribution in [1.29, 1.82) is 0 Å². The summed E-state index contributed by atoms with van der Waals surface area (Å²) < 4.78 is 0. The monoisotopic (exact) mass is 282 g/mol. The van der Waals surface area contributed by atoms with Crippen molar-refractivity contribution in [2.75, 3.05) is 19.6 Å². The third kappa shape index (κ3) is 4.19. The number of amides is 1. The first-order valence-corrected chi connectivity index (χ1v) is 8.11. The zero-order valence-corrected chi connectivity index (χ0v) is 13.2. The van der Waals surface area contributed by atoms with E-state index in [0.29, 0.717) is 24.4 Å². The third-order valence-electron chi connectivity index (χ3n) is 5.35. The molecule has 20 heavy (non-hydrogen) atoms. The van der Waals surface area contributed by atoms with Crippen molar-refractivity contribution < 1.29 is 9.90 Å². The topological polar surface area (TPSA) is 52.6 Å². The Kier molecular flexibility index (Phi) is 5.08. The molecule has 0 radical (unpaired) electrons. The van der Waals surface area contributed by atoms with E-state index in [1.54, 1.807) is 0 Å². The van der Waals surface area contributed by atoms with Gasteiger partial charge in [-0.2, -0.15) is 0 Å². The molecule has 2 N–H and O–H groups in total. The van der Waals surface area contributed by atoms with Gasteiger partial charge in [0.15, 0.2) is 0 Å². The first-order chi connectivity index (χ1) is 9.37. The third-order valence-corrected chi connectivity index (χ3v) is 5.35. The van der Waals surface area contributed by atoms with Gasteiger partial charge in [-0.1, -0.05) is 26.7 Å². The van der Waals surface area contributed by atoms with Crippen molar-refractivity contribution >= 4 is 5.91 Å². The number of likely N-dealkylation sites (tertiary alicyclic amines) is 1. The van der Waals surface area contributed by atoms with Gasteiger partial charge < -0.3 is 10.4 Å². The van der Waals surface area contributed by atoms with Crippen molar-refractivity contribution in [2.45, 2.75) is 64.5 Å². The Bertz CT molecular complexity index is 333. The van der Waals surface area contributed by atoms with Gasteiger partial charge >= 0.3 is 0 Å². The normalized spacial score (nSPS) is 34.7. The zero-order chi connectivity index (χ0) is 14.8. The molecule has 2 aliphatic rings. The molecule has 3 atom stereocenters. The molecule has 1 saturated carbocycles. The van der Waals surface area contributed by atoms with E-state index in [-0.39, 0.29) is 5.91 Å². The van der Waals surface area contributed by atoms with Crippen LogP contribution in [0.25, 0.3) is 0 Å². The van der Waals surface area contributed by atoms with E-state index in [1.807, 2.05) is 6.92 Å². The molecule has 0 bridgehead atoms. The largest absolute Gasteiger partial charge is 0.390 e. The van der Waals surface area contributed by atoms with E-state index < -0.39 is 5.60 Å². The molecule has 1 heterocycles. The van der Waals surface area contributed by atoms with E-state index in [1.165, 1.54) is 12.8 Å². The van der Waals surface area contributed by atoms with E-state index in [4.69, 9.17) is 0 Å². The molecule has 2 fully saturated rings. The van der Waals surface area contributed by atoms with Gasteiger partial charge in [-0.05, 0) is 38.0 Å². The van der Waals surface area contributed by atoms with Gasteiger partial charge in [-0.25, -0.2) is 0 Å². The number of rotatable bonds is 3. The summed E-state index contributed by atoms with van der Waals surface area (Å²) in [6.07, 6.45) is 5.15. The van der Waals surface area contributed by atoms with E-state index >= 15 is 0 Å². The second-order valence-corrected chi connectivity index (χ2v) is 7.21. The molecule has 116 valence electrons. The SMILES string of the molecule is CC1CCCC(NC(=O)CN2CCC(C)(O)CC2)C1C. The second kappa shape index (κ2) is 6.44. The second-order valence-electron chi connectivity index (χ2n) is 7.21. The maximum atomic E-state index is 12.2. The number of hydrogen-bond acceptors (Lipinski definition) is 3. The molecule has 0 aromatic rings. The van der Waals surface area contributed by atoms with Crippen LogP contribution in [0.2, 0.25) is 0 Å². The van der Waals surface area contributed by atoms with Crippen LogP contribution in [0, 0.1) is 11.8 Å². The molecule has 0 aromatic carbocycles. The van der Waals surface area contributed by atoms with Crippen LogP contribution in [-0.4, -0.2) is 47.2 Å². The van der Waals surface area contributed by atoms with Gasteiger partial charge in [-0.3, -0.25) is 9.69 Å². The Hall–Kier alpha value is -0.610. The number of nitrogens with one attached hydrogen (secondary N) is 1. The summed E-state index contributed by atoms with van der Waals surface area (Å²) in [5, 5.41) is 13.1. The fourth-order valence-corrected chi connectivity index (χ4v) is 3.43. The molecule has 1 aliphatic carbocycles. The predicted octanol–water partition coefficient (Wildman–Crippen LogP) is 1.77. The molecule has 1 aliphatic heterocycles. The van der Waals surface area contributed by atoms with Crippen LogP contribution in [0.4, 0.5) is 0 Å². The first kappa shape index (κ1) is 15.8. The minimum atomic E-state index is -0.541. The van der Waals surface area contributed by atoms with Gasteiger partial charge in [-0.15, -0.1) is 0 Å². The highest BCUT2D eigenvalue weighted by molar-refractivity contribution is 5.78. The standard InChI is InChI=1S/C16H30N2O2/c1-12-5-4-6-14(13(12)2)17-15(19)11-18-9-7-16(3,20)8-10-18/h12-14,20H,4-11H2,1-3H3,(H,17,19). The Morgan fingerprint density at radius 1 is 1.30 bits per heavy atom. The lowest BCUT2D eigenvalue weighted by molar-refractivity contribution is -0.124. The van der Waals surface area contributed by atoms with Gasteiger partial charge in [0.2, 0.25) is 5.91 Å². The van der Waals surface area contributed by atoms with Crippen molar-refractivity contribution in [1.82, 2.24) is 10.2 Å². The highest BCUT2D eigenvalue weighted by atomic mass is 16.3. The molecule has 4 nitrogen and oxygen atoms in total. The van der Waals surface area contributed by atoms with Gasteiger partial charge in [0.05, 0.1) is 12.1 Å². The smallest absolute Gasteiger partial charge is 0.234 e. The first-order valence-electron chi connectivity index (χ1n) is 8.11. The van der Waals surface area contributed by atoms with Crippen LogP contribution in [0.3, 0.4) is 0 Å². The quantitative estimate of drug-likeness (QED) is 0.829. The van der Waals surface area contributed by atoms with Crippen LogP contribution in [0.5, 0.6) is 0 Å². The Morgan fingerprint density at radius 2 is 1.95 bits per heavy atom. The summed E-state index contributed by atoms with van der Waals surface area (Å²) in [4.78, 5) is 14.3. The van der Waals surface area contributed by atoms with E-state index in [2.05, 4.69) is 24.1 Å². The van der Waals surface area contributed by atoms with Gasteiger partial charge in [0, 0.05) is 19.1 Å². The maximum Gasteiger partial charge on any atom is 0.234 e. The summed E-state index contributed by atoms with van der Waals surface area (Å²) in [7, 11) is 0. The fraction of sp³-hybridized carbons (Fsp3) is 0.938. The lowest BCUT2D eigenvalue weighted by Gasteiger charge is -2.37. The number of carbonyl (C=O) groups excluding carboxylic acids is 1. The lowest BCUT2D eigenvalue weighted by atomic mass is 9.78.